The number of carbonyl (C=O) groups excluding carboxylic acids is 1. The summed E-state index contributed by atoms with van der Waals surface area (Å²) >= 11 is 0. The van der Waals surface area contributed by atoms with Crippen LogP contribution in [0.3, 0.4) is 0 Å². The summed E-state index contributed by atoms with van der Waals surface area (Å²) in [5.41, 5.74) is 6.61. The van der Waals surface area contributed by atoms with Gasteiger partial charge in [0.1, 0.15) is 0 Å². The summed E-state index contributed by atoms with van der Waals surface area (Å²) in [4.78, 5) is 13.8. The van der Waals surface area contributed by atoms with Gasteiger partial charge < -0.3 is 20.1 Å². The van der Waals surface area contributed by atoms with Crippen molar-refractivity contribution >= 4 is 24.4 Å². The molecule has 6 heteroatoms. The number of carbonyl (C=O) groups is 1. The molecule has 0 aliphatic rings. The number of likely N-dealkylation sites (N-methyl/N-ethyl adjacent to an activating group) is 1. The third kappa shape index (κ3) is 6.81. The molecule has 0 heterocycles. The Labute approximate surface area is 151 Å². The highest BCUT2D eigenvalue weighted by molar-refractivity contribution is 5.85. The van der Waals surface area contributed by atoms with E-state index >= 15 is 0 Å². The fraction of sp³-hybridized carbons (Fsp3) is 0.500. The molecule has 5 nitrogen and oxygen atoms in total. The number of methoxy groups -OCH3 is 1. The number of ether oxygens (including phenoxy) is 2. The topological polar surface area (TPSA) is 64.8 Å². The fourth-order valence-corrected chi connectivity index (χ4v) is 2.14. The Hall–Kier alpha value is -1.72. The Bertz CT molecular complexity index is 559. The zero-order valence-electron chi connectivity index (χ0n) is 15.2. The van der Waals surface area contributed by atoms with Crippen molar-refractivity contribution in [2.24, 2.45) is 11.1 Å². The second-order valence-corrected chi connectivity index (χ2v) is 6.32. The van der Waals surface area contributed by atoms with Crippen molar-refractivity contribution < 1.29 is 14.3 Å². The molecule has 0 radical (unpaired) electrons. The number of allylic oxidation sites excluding steroid dienone is 1. The first-order valence-electron chi connectivity index (χ1n) is 7.70. The second-order valence-electron chi connectivity index (χ2n) is 6.32. The van der Waals surface area contributed by atoms with Crippen LogP contribution in [0, 0.1) is 5.41 Å². The molecule has 0 atom stereocenters. The van der Waals surface area contributed by atoms with Crippen molar-refractivity contribution in [1.29, 1.82) is 0 Å². The summed E-state index contributed by atoms with van der Waals surface area (Å²) in [7, 11) is 3.34. The van der Waals surface area contributed by atoms with Crippen LogP contribution in [0.25, 0.3) is 6.08 Å². The molecule has 0 aliphatic carbocycles. The minimum atomic E-state index is -0.115. The highest BCUT2D eigenvalue weighted by Crippen LogP contribution is 2.28. The first-order valence-corrected chi connectivity index (χ1v) is 7.70. The molecule has 2 N–H and O–H groups in total. The molecule has 0 saturated heterocycles. The number of nitrogens with two attached hydrogens (primary N) is 1. The Morgan fingerprint density at radius 2 is 2.00 bits per heavy atom. The predicted molar refractivity (Wildman–Crippen MR) is 101 cm³/mol. The van der Waals surface area contributed by atoms with Gasteiger partial charge in [-0.05, 0) is 36.6 Å². The standard InChI is InChI=1S/C18H28N2O3.ClH/c1-6-7-14-8-9-15(16(10-14)22-5)23-11-17(21)20(4)13-18(2,3)12-19;/h6-10H,11-13,19H2,1-5H3;1H/b7-6+;. The third-order valence-corrected chi connectivity index (χ3v) is 3.54. The molecule has 1 aromatic carbocycles. The van der Waals surface area contributed by atoms with Crippen molar-refractivity contribution in [3.8, 4) is 11.5 Å². The minimum Gasteiger partial charge on any atom is -0.493 e. The van der Waals surface area contributed by atoms with Crippen LogP contribution in [0.4, 0.5) is 0 Å². The molecule has 136 valence electrons. The number of rotatable bonds is 8. The lowest BCUT2D eigenvalue weighted by molar-refractivity contribution is -0.133. The Balaban J connectivity index is 0.00000529. The summed E-state index contributed by atoms with van der Waals surface area (Å²) in [6, 6.07) is 5.61. The molecule has 1 rings (SSSR count). The van der Waals surface area contributed by atoms with Crippen LogP contribution in [0.2, 0.25) is 0 Å². The quantitative estimate of drug-likeness (QED) is 0.777. The molecule has 0 unspecified atom stereocenters. The lowest BCUT2D eigenvalue weighted by atomic mass is 9.93. The Kier molecular flexibility index (Phi) is 9.48. The maximum atomic E-state index is 12.2. The summed E-state index contributed by atoms with van der Waals surface area (Å²) in [5, 5.41) is 0. The molecule has 24 heavy (non-hydrogen) atoms. The highest BCUT2D eigenvalue weighted by Gasteiger charge is 2.21. The molecule has 0 bridgehead atoms. The molecule has 0 spiro atoms. The van der Waals surface area contributed by atoms with Gasteiger partial charge in [-0.2, -0.15) is 0 Å². The number of halogens is 1. The zero-order valence-corrected chi connectivity index (χ0v) is 16.0. The fourth-order valence-electron chi connectivity index (χ4n) is 2.14. The van der Waals surface area contributed by atoms with E-state index < -0.39 is 0 Å². The van der Waals surface area contributed by atoms with E-state index in [2.05, 4.69) is 0 Å². The predicted octanol–water partition coefficient (Wildman–Crippen LogP) is 2.97. The van der Waals surface area contributed by atoms with E-state index in [1.54, 1.807) is 19.1 Å². The van der Waals surface area contributed by atoms with E-state index in [-0.39, 0.29) is 30.3 Å². The number of benzene rings is 1. The van der Waals surface area contributed by atoms with Gasteiger partial charge in [0.25, 0.3) is 5.91 Å². The van der Waals surface area contributed by atoms with Gasteiger partial charge in [-0.25, -0.2) is 0 Å². The van der Waals surface area contributed by atoms with Gasteiger partial charge in [-0.15, -0.1) is 12.4 Å². The number of amides is 1. The molecule has 0 aromatic heterocycles. The van der Waals surface area contributed by atoms with Gasteiger partial charge in [0, 0.05) is 13.6 Å². The highest BCUT2D eigenvalue weighted by atomic mass is 35.5. The van der Waals surface area contributed by atoms with Crippen LogP contribution in [0.5, 0.6) is 11.5 Å². The Morgan fingerprint density at radius 3 is 2.54 bits per heavy atom. The van der Waals surface area contributed by atoms with E-state index in [0.29, 0.717) is 24.6 Å². The van der Waals surface area contributed by atoms with E-state index in [4.69, 9.17) is 15.2 Å². The molecular weight excluding hydrogens is 328 g/mol. The largest absolute Gasteiger partial charge is 0.493 e. The summed E-state index contributed by atoms with van der Waals surface area (Å²) < 4.78 is 10.9. The van der Waals surface area contributed by atoms with Crippen LogP contribution in [0.15, 0.2) is 24.3 Å². The lowest BCUT2D eigenvalue weighted by Crippen LogP contribution is -2.41. The van der Waals surface area contributed by atoms with Crippen molar-refractivity contribution in [3.05, 3.63) is 29.8 Å². The van der Waals surface area contributed by atoms with E-state index in [1.165, 1.54) is 0 Å². The lowest BCUT2D eigenvalue weighted by Gasteiger charge is -2.29. The summed E-state index contributed by atoms with van der Waals surface area (Å²) in [6.07, 6.45) is 3.92. The summed E-state index contributed by atoms with van der Waals surface area (Å²) in [5.74, 6) is 1.07. The minimum absolute atomic E-state index is 0. The summed E-state index contributed by atoms with van der Waals surface area (Å²) in [6.45, 7) is 7.08. The zero-order chi connectivity index (χ0) is 17.5. The van der Waals surface area contributed by atoms with Crippen molar-refractivity contribution in [3.63, 3.8) is 0 Å². The van der Waals surface area contributed by atoms with Gasteiger partial charge in [0.2, 0.25) is 0 Å². The molecule has 0 aliphatic heterocycles. The van der Waals surface area contributed by atoms with Gasteiger partial charge in [0.15, 0.2) is 18.1 Å². The van der Waals surface area contributed by atoms with E-state index in [1.807, 2.05) is 51.1 Å². The van der Waals surface area contributed by atoms with Crippen LogP contribution in [-0.4, -0.2) is 44.7 Å². The van der Waals surface area contributed by atoms with Gasteiger partial charge in [-0.3, -0.25) is 4.79 Å². The molecule has 0 fully saturated rings. The monoisotopic (exact) mass is 356 g/mol. The first-order chi connectivity index (χ1) is 10.8. The smallest absolute Gasteiger partial charge is 0.260 e. The number of hydrogen-bond acceptors (Lipinski definition) is 4. The SMILES string of the molecule is C/C=C/c1ccc(OCC(=O)N(C)CC(C)(C)CN)c(OC)c1.Cl. The first kappa shape index (κ1) is 22.3. The normalized spacial score (nSPS) is 11.1. The Morgan fingerprint density at radius 1 is 1.33 bits per heavy atom. The average molecular weight is 357 g/mol. The molecule has 0 saturated carbocycles. The molecule has 1 aromatic rings. The van der Waals surface area contributed by atoms with Gasteiger partial charge >= 0.3 is 0 Å². The molecular formula is C18H29ClN2O3. The number of hydrogen-bond donors (Lipinski definition) is 1. The van der Waals surface area contributed by atoms with Crippen LogP contribution in [-0.2, 0) is 4.79 Å². The average Bonchev–Trinajstić information content (AvgIpc) is 2.53. The van der Waals surface area contributed by atoms with Crippen LogP contribution >= 0.6 is 12.4 Å². The number of nitrogens with zero attached hydrogens (tertiary/aromatic N) is 1. The maximum absolute atomic E-state index is 12.2. The van der Waals surface area contributed by atoms with E-state index in [9.17, 15) is 4.79 Å². The van der Waals surface area contributed by atoms with Crippen molar-refractivity contribution in [1.82, 2.24) is 4.90 Å². The van der Waals surface area contributed by atoms with Crippen molar-refractivity contribution in [2.45, 2.75) is 20.8 Å². The maximum Gasteiger partial charge on any atom is 0.260 e. The third-order valence-electron chi connectivity index (χ3n) is 3.54. The van der Waals surface area contributed by atoms with Crippen LogP contribution in [0.1, 0.15) is 26.3 Å². The van der Waals surface area contributed by atoms with Crippen molar-refractivity contribution in [2.75, 3.05) is 33.9 Å². The second kappa shape index (κ2) is 10.2. The van der Waals surface area contributed by atoms with Gasteiger partial charge in [0.05, 0.1) is 7.11 Å². The molecule has 1 amide bonds. The van der Waals surface area contributed by atoms with Gasteiger partial charge in [-0.1, -0.05) is 32.1 Å². The van der Waals surface area contributed by atoms with Crippen LogP contribution < -0.4 is 15.2 Å². The van der Waals surface area contributed by atoms with E-state index in [0.717, 1.165) is 5.56 Å².